The molecule has 1 aliphatic heterocycles. The molecule has 134 valence electrons. The molecule has 5 atom stereocenters. The smallest absolute Gasteiger partial charge is 0.335 e. The molecule has 2 bridgehead atoms. The largest absolute Gasteiger partial charge is 0.478 e. The fourth-order valence-corrected chi connectivity index (χ4v) is 6.04. The number of nitrogens with one attached hydrogen (secondary N) is 1. The van der Waals surface area contributed by atoms with Crippen molar-refractivity contribution in [2.24, 2.45) is 17.8 Å². The molecular weight excluding hydrogens is 369 g/mol. The minimum Gasteiger partial charge on any atom is -0.478 e. The second-order valence-corrected chi connectivity index (χ2v) is 8.60. The number of benzene rings is 2. The first-order valence-corrected chi connectivity index (χ1v) is 9.88. The van der Waals surface area contributed by atoms with Crippen LogP contribution in [0.1, 0.15) is 52.7 Å². The van der Waals surface area contributed by atoms with E-state index < -0.39 is 5.97 Å². The van der Waals surface area contributed by atoms with Crippen molar-refractivity contribution in [2.45, 2.75) is 31.2 Å². The minimum absolute atomic E-state index is 0.140. The molecule has 2 saturated carbocycles. The number of hydrogen-bond donors (Lipinski definition) is 2. The maximum Gasteiger partial charge on any atom is 0.335 e. The molecular formula is C21H19Cl2NO2. The van der Waals surface area contributed by atoms with Gasteiger partial charge in [-0.15, -0.1) is 0 Å². The number of aromatic carboxylic acids is 1. The van der Waals surface area contributed by atoms with Crippen molar-refractivity contribution < 1.29 is 9.90 Å². The second-order valence-electron chi connectivity index (χ2n) is 7.81. The van der Waals surface area contributed by atoms with Crippen LogP contribution in [-0.2, 0) is 0 Å². The summed E-state index contributed by atoms with van der Waals surface area (Å²) in [7, 11) is 0. The van der Waals surface area contributed by atoms with Crippen LogP contribution in [0.3, 0.4) is 0 Å². The van der Waals surface area contributed by atoms with E-state index in [1.807, 2.05) is 18.2 Å². The van der Waals surface area contributed by atoms with Crippen molar-refractivity contribution in [1.29, 1.82) is 0 Å². The van der Waals surface area contributed by atoms with E-state index in [1.54, 1.807) is 12.1 Å². The van der Waals surface area contributed by atoms with E-state index >= 15 is 0 Å². The third-order valence-corrected chi connectivity index (χ3v) is 7.47. The molecule has 0 unspecified atom stereocenters. The summed E-state index contributed by atoms with van der Waals surface area (Å²) in [6.07, 6.45) is 3.85. The maximum absolute atomic E-state index is 11.2. The fourth-order valence-electron chi connectivity index (χ4n) is 5.66. The van der Waals surface area contributed by atoms with Gasteiger partial charge < -0.3 is 10.4 Å². The second kappa shape index (κ2) is 5.90. The summed E-state index contributed by atoms with van der Waals surface area (Å²) >= 11 is 12.8. The molecule has 0 amide bonds. The van der Waals surface area contributed by atoms with Gasteiger partial charge in [-0.05, 0) is 72.3 Å². The zero-order valence-corrected chi connectivity index (χ0v) is 15.6. The summed E-state index contributed by atoms with van der Waals surface area (Å²) in [5.41, 5.74) is 3.70. The van der Waals surface area contributed by atoms with Gasteiger partial charge in [0, 0.05) is 0 Å². The third-order valence-electron chi connectivity index (χ3n) is 6.67. The maximum atomic E-state index is 11.2. The SMILES string of the molecule is O=C(O)c1ccc([C@@H]2Nc3c(ccc(Cl)c3Cl)[C@H]3[C@H]4CC[C@@H](C4)[C@H]32)cc1. The van der Waals surface area contributed by atoms with Gasteiger partial charge in [-0.2, -0.15) is 0 Å². The van der Waals surface area contributed by atoms with E-state index in [1.165, 1.54) is 24.8 Å². The Labute approximate surface area is 162 Å². The van der Waals surface area contributed by atoms with E-state index in [9.17, 15) is 9.90 Å². The summed E-state index contributed by atoms with van der Waals surface area (Å²) in [4.78, 5) is 11.2. The summed E-state index contributed by atoms with van der Waals surface area (Å²) < 4.78 is 0. The highest BCUT2D eigenvalue weighted by atomic mass is 35.5. The zero-order valence-electron chi connectivity index (χ0n) is 14.1. The van der Waals surface area contributed by atoms with E-state index in [0.717, 1.165) is 11.3 Å². The topological polar surface area (TPSA) is 49.3 Å². The van der Waals surface area contributed by atoms with Gasteiger partial charge in [0.25, 0.3) is 0 Å². The quantitative estimate of drug-likeness (QED) is 0.665. The first-order chi connectivity index (χ1) is 12.5. The van der Waals surface area contributed by atoms with Crippen molar-refractivity contribution in [3.63, 3.8) is 0 Å². The van der Waals surface area contributed by atoms with E-state index in [4.69, 9.17) is 23.2 Å². The molecule has 5 rings (SSSR count). The number of carboxylic acids is 1. The van der Waals surface area contributed by atoms with Gasteiger partial charge in [0.05, 0.1) is 27.3 Å². The predicted octanol–water partition coefficient (Wildman–Crippen LogP) is 5.99. The number of hydrogen-bond acceptors (Lipinski definition) is 2. The predicted molar refractivity (Wildman–Crippen MR) is 103 cm³/mol. The average molecular weight is 388 g/mol. The molecule has 0 spiro atoms. The molecule has 2 aliphatic carbocycles. The van der Waals surface area contributed by atoms with Crippen LogP contribution in [0, 0.1) is 17.8 Å². The molecule has 0 radical (unpaired) electrons. The molecule has 26 heavy (non-hydrogen) atoms. The van der Waals surface area contributed by atoms with Crippen LogP contribution in [-0.4, -0.2) is 11.1 Å². The molecule has 0 saturated heterocycles. The summed E-state index contributed by atoms with van der Waals surface area (Å²) in [6.45, 7) is 0. The van der Waals surface area contributed by atoms with Crippen LogP contribution in [0.25, 0.3) is 0 Å². The van der Waals surface area contributed by atoms with Gasteiger partial charge in [0.1, 0.15) is 0 Å². The van der Waals surface area contributed by atoms with Gasteiger partial charge in [-0.25, -0.2) is 4.79 Å². The lowest BCUT2D eigenvalue weighted by Crippen LogP contribution is -2.35. The molecule has 2 N–H and O–H groups in total. The Morgan fingerprint density at radius 3 is 2.50 bits per heavy atom. The van der Waals surface area contributed by atoms with Gasteiger partial charge in [-0.3, -0.25) is 0 Å². The highest BCUT2D eigenvalue weighted by Crippen LogP contribution is 2.64. The minimum atomic E-state index is -0.897. The van der Waals surface area contributed by atoms with E-state index in [2.05, 4.69) is 11.4 Å². The molecule has 2 aromatic carbocycles. The zero-order chi connectivity index (χ0) is 18.0. The number of fused-ring (bicyclic) bond motifs is 7. The summed E-state index contributed by atoms with van der Waals surface area (Å²) in [5, 5.41) is 14.0. The first-order valence-electron chi connectivity index (χ1n) is 9.12. The molecule has 2 aromatic rings. The Bertz CT molecular complexity index is 896. The lowest BCUT2D eigenvalue weighted by atomic mass is 9.68. The fraction of sp³-hybridized carbons (Fsp3) is 0.381. The first kappa shape index (κ1) is 16.5. The van der Waals surface area contributed by atoms with Crippen molar-refractivity contribution in [1.82, 2.24) is 0 Å². The standard InChI is InChI=1S/C21H19Cl2NO2/c22-15-8-7-14-16-12-5-6-13(9-12)17(16)19(24-20(14)18(15)23)10-1-3-11(4-2-10)21(25)26/h1-4,7-8,12-13,16-17,19,24H,5-6,9H2,(H,25,26)/t12-,13-,16+,17+,19-/m0/s1. The van der Waals surface area contributed by atoms with Gasteiger partial charge >= 0.3 is 5.97 Å². The number of carbonyl (C=O) groups is 1. The van der Waals surface area contributed by atoms with Crippen LogP contribution in [0.4, 0.5) is 5.69 Å². The lowest BCUT2D eigenvalue weighted by molar-refractivity contribution is 0.0697. The lowest BCUT2D eigenvalue weighted by Gasteiger charge is -2.44. The molecule has 2 fully saturated rings. The number of carboxylic acid groups (broad SMARTS) is 1. The van der Waals surface area contributed by atoms with Crippen LogP contribution in [0.2, 0.25) is 10.0 Å². The molecule has 5 heteroatoms. The van der Waals surface area contributed by atoms with Gasteiger partial charge in [0.2, 0.25) is 0 Å². The Morgan fingerprint density at radius 1 is 1.04 bits per heavy atom. The Hall–Kier alpha value is -1.71. The average Bonchev–Trinajstić information content (AvgIpc) is 3.26. The van der Waals surface area contributed by atoms with Crippen LogP contribution >= 0.6 is 23.2 Å². The Kier molecular flexibility index (Phi) is 3.74. The highest BCUT2D eigenvalue weighted by Gasteiger charge is 2.54. The van der Waals surface area contributed by atoms with Crippen molar-refractivity contribution in [2.75, 3.05) is 5.32 Å². The molecule has 3 nitrogen and oxygen atoms in total. The third kappa shape index (κ3) is 2.30. The summed E-state index contributed by atoms with van der Waals surface area (Å²) in [6, 6.07) is 11.4. The van der Waals surface area contributed by atoms with Crippen LogP contribution < -0.4 is 5.32 Å². The van der Waals surface area contributed by atoms with Crippen molar-refractivity contribution in [3.05, 3.63) is 63.1 Å². The van der Waals surface area contributed by atoms with E-state index in [0.29, 0.717) is 39.3 Å². The highest BCUT2D eigenvalue weighted by molar-refractivity contribution is 6.43. The number of halogens is 2. The van der Waals surface area contributed by atoms with Crippen molar-refractivity contribution >= 4 is 34.9 Å². The summed E-state index contributed by atoms with van der Waals surface area (Å²) in [5.74, 6) is 1.55. The normalized spacial score (nSPS) is 31.2. The number of anilines is 1. The molecule has 1 heterocycles. The Morgan fingerprint density at radius 2 is 1.77 bits per heavy atom. The van der Waals surface area contributed by atoms with Crippen LogP contribution in [0.15, 0.2) is 36.4 Å². The van der Waals surface area contributed by atoms with E-state index in [-0.39, 0.29) is 6.04 Å². The number of rotatable bonds is 2. The van der Waals surface area contributed by atoms with Gasteiger partial charge in [-0.1, -0.05) is 41.4 Å². The molecule has 3 aliphatic rings. The van der Waals surface area contributed by atoms with Gasteiger partial charge in [0.15, 0.2) is 0 Å². The Balaban J connectivity index is 1.62. The van der Waals surface area contributed by atoms with Crippen molar-refractivity contribution in [3.8, 4) is 0 Å². The monoisotopic (exact) mass is 387 g/mol. The van der Waals surface area contributed by atoms with Crippen LogP contribution in [0.5, 0.6) is 0 Å². The molecule has 0 aromatic heterocycles.